The number of anilines is 1. The summed E-state index contributed by atoms with van der Waals surface area (Å²) in [7, 11) is 3.96. The minimum Gasteiger partial charge on any atom is -0.505 e. The summed E-state index contributed by atoms with van der Waals surface area (Å²) in [5.74, 6) is 0.178. The first-order valence-corrected chi connectivity index (χ1v) is 13.2. The van der Waals surface area contributed by atoms with Gasteiger partial charge in [-0.3, -0.25) is 9.78 Å². The number of benzene rings is 2. The Morgan fingerprint density at radius 1 is 1.08 bits per heavy atom. The average Bonchev–Trinajstić information content (AvgIpc) is 3.68. The molecule has 5 rings (SSSR count). The van der Waals surface area contributed by atoms with Crippen LogP contribution in [0, 0.1) is 0 Å². The van der Waals surface area contributed by atoms with Crippen LogP contribution < -0.4 is 5.32 Å². The van der Waals surface area contributed by atoms with Crippen molar-refractivity contribution in [3.05, 3.63) is 51.6 Å². The maximum Gasteiger partial charge on any atom is 0.154 e. The Kier molecular flexibility index (Phi) is 6.90. The van der Waals surface area contributed by atoms with Gasteiger partial charge in [0, 0.05) is 23.9 Å². The quantitative estimate of drug-likeness (QED) is 0.315. The number of pyridine rings is 1. The number of carbonyl (C=O) groups is 1. The lowest BCUT2D eigenvalue weighted by atomic mass is 9.81. The lowest BCUT2D eigenvalue weighted by Gasteiger charge is -2.38. The van der Waals surface area contributed by atoms with E-state index in [-0.39, 0.29) is 21.8 Å². The Labute approximate surface area is 221 Å². The Hall–Kier alpha value is -2.38. The highest BCUT2D eigenvalue weighted by Gasteiger charge is 2.35. The topological polar surface area (TPSA) is 85.7 Å². The van der Waals surface area contributed by atoms with Crippen molar-refractivity contribution in [3.8, 4) is 16.9 Å². The summed E-state index contributed by atoms with van der Waals surface area (Å²) >= 11 is 12.4. The third-order valence-electron chi connectivity index (χ3n) is 7.36. The number of aldehydes is 1. The molecule has 0 bridgehead atoms. The number of phenols is 1. The molecule has 2 saturated carbocycles. The van der Waals surface area contributed by atoms with Gasteiger partial charge in [-0.1, -0.05) is 29.3 Å². The number of fused-ring (bicyclic) bond motifs is 1. The highest BCUT2D eigenvalue weighted by molar-refractivity contribution is 6.37. The summed E-state index contributed by atoms with van der Waals surface area (Å²) < 4.78 is 0. The Morgan fingerprint density at radius 3 is 2.33 bits per heavy atom. The normalized spacial score (nSPS) is 22.2. The van der Waals surface area contributed by atoms with Gasteiger partial charge in [0.15, 0.2) is 12.0 Å². The summed E-state index contributed by atoms with van der Waals surface area (Å²) in [6.07, 6.45) is 6.04. The van der Waals surface area contributed by atoms with Crippen LogP contribution in [0.15, 0.2) is 30.3 Å². The summed E-state index contributed by atoms with van der Waals surface area (Å²) in [4.78, 5) is 19.3. The van der Waals surface area contributed by atoms with Gasteiger partial charge in [-0.2, -0.15) is 0 Å². The summed E-state index contributed by atoms with van der Waals surface area (Å²) in [6.45, 7) is 0.643. The van der Waals surface area contributed by atoms with E-state index in [1.807, 2.05) is 37.2 Å². The predicted molar refractivity (Wildman–Crippen MR) is 146 cm³/mol. The number of nitrogens with one attached hydrogen (secondary N) is 1. The molecule has 3 N–H and O–H groups in total. The van der Waals surface area contributed by atoms with Crippen molar-refractivity contribution in [1.82, 2.24) is 9.88 Å². The highest BCUT2D eigenvalue weighted by atomic mass is 35.5. The molecule has 8 heteroatoms. The molecule has 0 atom stereocenters. The SMILES string of the molecule is CN(C)CC1(O)CCC(Nc2c(C=O)c(C3CC3)nc3ccc(-c4cc(Cl)c(O)c(Cl)c4)cc23)CC1. The van der Waals surface area contributed by atoms with Crippen molar-refractivity contribution in [2.24, 2.45) is 0 Å². The smallest absolute Gasteiger partial charge is 0.154 e. The van der Waals surface area contributed by atoms with E-state index in [2.05, 4.69) is 5.32 Å². The molecule has 0 unspecified atom stereocenters. The van der Waals surface area contributed by atoms with Crippen molar-refractivity contribution in [1.29, 1.82) is 0 Å². The van der Waals surface area contributed by atoms with Gasteiger partial charge in [-0.25, -0.2) is 0 Å². The van der Waals surface area contributed by atoms with Crippen LogP contribution >= 0.6 is 23.2 Å². The number of likely N-dealkylation sites (N-methyl/N-ethyl adjacent to an activating group) is 1. The van der Waals surface area contributed by atoms with E-state index < -0.39 is 5.60 Å². The zero-order valence-corrected chi connectivity index (χ0v) is 22.0. The van der Waals surface area contributed by atoms with Gasteiger partial charge in [-0.05, 0) is 88.0 Å². The summed E-state index contributed by atoms with van der Waals surface area (Å²) in [5, 5.41) is 25.8. The zero-order valence-electron chi connectivity index (χ0n) is 20.5. The van der Waals surface area contributed by atoms with Gasteiger partial charge < -0.3 is 20.4 Å². The fourth-order valence-electron chi connectivity index (χ4n) is 5.40. The van der Waals surface area contributed by atoms with Gasteiger partial charge in [0.05, 0.1) is 38.1 Å². The number of hydrogen-bond acceptors (Lipinski definition) is 6. The van der Waals surface area contributed by atoms with E-state index in [1.54, 1.807) is 12.1 Å². The molecule has 2 aromatic carbocycles. The predicted octanol–water partition coefficient (Wildman–Crippen LogP) is 6.25. The molecule has 2 aliphatic carbocycles. The second-order valence-electron chi connectivity index (χ2n) is 10.6. The van der Waals surface area contributed by atoms with E-state index in [9.17, 15) is 15.0 Å². The molecule has 36 heavy (non-hydrogen) atoms. The Bertz CT molecular complexity index is 1290. The lowest BCUT2D eigenvalue weighted by molar-refractivity contribution is -0.0183. The average molecular weight is 528 g/mol. The Balaban J connectivity index is 1.55. The van der Waals surface area contributed by atoms with Gasteiger partial charge in [0.1, 0.15) is 0 Å². The number of aromatic nitrogens is 1. The minimum absolute atomic E-state index is 0.143. The van der Waals surface area contributed by atoms with Crippen molar-refractivity contribution in [3.63, 3.8) is 0 Å². The number of nitrogens with zero attached hydrogens (tertiary/aromatic N) is 2. The number of rotatable bonds is 7. The Morgan fingerprint density at radius 2 is 1.75 bits per heavy atom. The molecular formula is C28H31Cl2N3O3. The zero-order chi connectivity index (χ0) is 25.6. The van der Waals surface area contributed by atoms with Crippen molar-refractivity contribution in [2.75, 3.05) is 26.0 Å². The lowest BCUT2D eigenvalue weighted by Crippen LogP contribution is -2.45. The van der Waals surface area contributed by atoms with E-state index in [4.69, 9.17) is 28.2 Å². The molecule has 0 amide bonds. The fourth-order valence-corrected chi connectivity index (χ4v) is 5.89. The standard InChI is InChI=1S/C28H31Cl2N3O3/c1-33(2)15-28(36)9-7-19(8-10-28)31-26-20-11-17(18-12-22(29)27(35)23(30)13-18)5-6-24(20)32-25(16-3-4-16)21(26)14-34/h5-6,11-14,16,19,35-36H,3-4,7-10,15H2,1-2H3,(H,31,32). The van der Waals surface area contributed by atoms with Crippen molar-refractivity contribution in [2.45, 2.75) is 56.1 Å². The van der Waals surface area contributed by atoms with Crippen LogP contribution in [-0.4, -0.2) is 58.7 Å². The second-order valence-corrected chi connectivity index (χ2v) is 11.4. The number of aromatic hydroxyl groups is 1. The van der Waals surface area contributed by atoms with Crippen LogP contribution in [0.2, 0.25) is 10.0 Å². The minimum atomic E-state index is -0.681. The molecule has 3 aromatic rings. The van der Waals surface area contributed by atoms with E-state index >= 15 is 0 Å². The van der Waals surface area contributed by atoms with E-state index in [0.717, 1.165) is 65.4 Å². The molecule has 1 heterocycles. The molecule has 0 aliphatic heterocycles. The molecule has 2 fully saturated rings. The van der Waals surface area contributed by atoms with Crippen LogP contribution in [0.5, 0.6) is 5.75 Å². The molecule has 0 spiro atoms. The number of phenolic OH excluding ortho intramolecular Hbond substituents is 1. The van der Waals surface area contributed by atoms with Crippen molar-refractivity contribution < 1.29 is 15.0 Å². The summed E-state index contributed by atoms with van der Waals surface area (Å²) in [5.41, 5.74) is 4.06. The van der Waals surface area contributed by atoms with Gasteiger partial charge in [-0.15, -0.1) is 0 Å². The molecule has 0 radical (unpaired) electrons. The first-order chi connectivity index (χ1) is 17.2. The number of carbonyl (C=O) groups excluding carboxylic acids is 1. The maximum absolute atomic E-state index is 12.4. The summed E-state index contributed by atoms with van der Waals surface area (Å²) in [6, 6.07) is 9.41. The highest BCUT2D eigenvalue weighted by Crippen LogP contribution is 2.45. The van der Waals surface area contributed by atoms with Crippen molar-refractivity contribution >= 4 is 46.1 Å². The fraction of sp³-hybridized carbons (Fsp3) is 0.429. The number of halogens is 2. The van der Waals surface area contributed by atoms with Gasteiger partial charge in [0.25, 0.3) is 0 Å². The maximum atomic E-state index is 12.4. The molecule has 190 valence electrons. The third-order valence-corrected chi connectivity index (χ3v) is 7.94. The van der Waals surface area contributed by atoms with E-state index in [0.29, 0.717) is 30.9 Å². The molecule has 2 aliphatic rings. The van der Waals surface area contributed by atoms with E-state index in [1.165, 1.54) is 0 Å². The molecule has 1 aromatic heterocycles. The first-order valence-electron chi connectivity index (χ1n) is 12.4. The number of aliphatic hydroxyl groups is 1. The van der Waals surface area contributed by atoms with Crippen LogP contribution in [-0.2, 0) is 0 Å². The molecular weight excluding hydrogens is 497 g/mol. The van der Waals surface area contributed by atoms with Crippen LogP contribution in [0.4, 0.5) is 5.69 Å². The molecule has 0 saturated heterocycles. The number of hydrogen-bond donors (Lipinski definition) is 3. The third kappa shape index (κ3) is 5.05. The van der Waals surface area contributed by atoms with Crippen LogP contribution in [0.3, 0.4) is 0 Å². The second kappa shape index (κ2) is 9.82. The largest absolute Gasteiger partial charge is 0.505 e. The van der Waals surface area contributed by atoms with Crippen LogP contribution in [0.25, 0.3) is 22.0 Å². The van der Waals surface area contributed by atoms with Crippen LogP contribution in [0.1, 0.15) is 60.5 Å². The van der Waals surface area contributed by atoms with Gasteiger partial charge in [0.2, 0.25) is 0 Å². The monoisotopic (exact) mass is 527 g/mol. The van der Waals surface area contributed by atoms with Gasteiger partial charge >= 0.3 is 0 Å². The molecule has 6 nitrogen and oxygen atoms in total. The first kappa shape index (κ1) is 25.3.